The van der Waals surface area contributed by atoms with Crippen LogP contribution in [-0.4, -0.2) is 47.8 Å². The second kappa shape index (κ2) is 7.90. The number of furan rings is 1. The molecule has 1 fully saturated rings. The molecule has 0 atom stereocenters. The number of anilines is 1. The summed E-state index contributed by atoms with van der Waals surface area (Å²) in [6, 6.07) is 14.2. The number of para-hydroxylation sites is 1. The van der Waals surface area contributed by atoms with Gasteiger partial charge in [0.05, 0.1) is 0 Å². The number of ether oxygens (including phenoxy) is 2. The first-order valence-corrected chi connectivity index (χ1v) is 10.3. The van der Waals surface area contributed by atoms with Gasteiger partial charge >= 0.3 is 1.43 Å². The van der Waals surface area contributed by atoms with Crippen LogP contribution in [0.1, 0.15) is 12.8 Å². The first-order valence-electron chi connectivity index (χ1n) is 10.3. The van der Waals surface area contributed by atoms with Gasteiger partial charge in [0.25, 0.3) is 0 Å². The summed E-state index contributed by atoms with van der Waals surface area (Å²) in [5.41, 5.74) is 3.78. The third-order valence-electron chi connectivity index (χ3n) is 5.83. The number of fused-ring (bicyclic) bond motifs is 4. The molecule has 0 amide bonds. The standard InChI is InChI=1S/C23H22N4O3.ClH/c1-15-24-21-17-4-2-3-5-18(17)30-22(21)23(25-15)27-10-8-26(9-11-27)13-16-6-7-19-20(12-16)29-14-28-19;/h2-7,12H,8-11,13-14H2,1H3;1H. The fraction of sp³-hybridized carbons (Fsp3) is 0.304. The molecule has 2 aliphatic rings. The van der Waals surface area contributed by atoms with E-state index in [0.29, 0.717) is 6.79 Å². The number of aromatic nitrogens is 2. The highest BCUT2D eigenvalue weighted by atomic mass is 35.5. The van der Waals surface area contributed by atoms with Crippen molar-refractivity contribution in [3.05, 3.63) is 53.9 Å². The fourth-order valence-corrected chi connectivity index (χ4v) is 4.31. The molecule has 4 heterocycles. The molecule has 0 radical (unpaired) electrons. The largest absolute Gasteiger partial charge is 1.00 e. The summed E-state index contributed by atoms with van der Waals surface area (Å²) in [4.78, 5) is 14.2. The molecule has 2 aliphatic heterocycles. The summed E-state index contributed by atoms with van der Waals surface area (Å²) < 4.78 is 17.1. The van der Waals surface area contributed by atoms with Crippen molar-refractivity contribution in [3.8, 4) is 11.5 Å². The lowest BCUT2D eigenvalue weighted by Crippen LogP contribution is -3.00. The Hall–Kier alpha value is -3.03. The van der Waals surface area contributed by atoms with Crippen molar-refractivity contribution in [3.63, 3.8) is 0 Å². The van der Waals surface area contributed by atoms with Gasteiger partial charge in [0.15, 0.2) is 22.9 Å². The Morgan fingerprint density at radius 2 is 1.77 bits per heavy atom. The molecule has 4 aromatic rings. The molecule has 6 rings (SSSR count). The molecule has 0 spiro atoms. The number of halogens is 1. The Bertz CT molecular complexity index is 1260. The molecular formula is C23H23ClN4O3. The zero-order valence-electron chi connectivity index (χ0n) is 18.2. The van der Waals surface area contributed by atoms with E-state index in [9.17, 15) is 0 Å². The Morgan fingerprint density at radius 3 is 2.65 bits per heavy atom. The number of benzene rings is 2. The van der Waals surface area contributed by atoms with Crippen LogP contribution in [-0.2, 0) is 6.54 Å². The van der Waals surface area contributed by atoms with E-state index < -0.39 is 0 Å². The Kier molecular flexibility index (Phi) is 5.08. The van der Waals surface area contributed by atoms with Gasteiger partial charge in [0.1, 0.15) is 16.9 Å². The van der Waals surface area contributed by atoms with Gasteiger partial charge in [-0.3, -0.25) is 4.90 Å². The molecule has 8 heteroatoms. The summed E-state index contributed by atoms with van der Waals surface area (Å²) >= 11 is 0. The molecule has 0 N–H and O–H groups in total. The third kappa shape index (κ3) is 3.54. The smallest absolute Gasteiger partial charge is 1.00 e. The highest BCUT2D eigenvalue weighted by Crippen LogP contribution is 2.34. The maximum Gasteiger partial charge on any atom is 1.00 e. The SMILES string of the molecule is Cc1nc(N2CCN(Cc3ccc4c(c3)OCO4)CC2)c2oc3ccccc3c2n1.[Cl-].[H+]. The van der Waals surface area contributed by atoms with Crippen LogP contribution in [0.2, 0.25) is 0 Å². The minimum Gasteiger partial charge on any atom is -1.00 e. The van der Waals surface area contributed by atoms with Crippen molar-refractivity contribution in [2.75, 3.05) is 37.9 Å². The normalized spacial score (nSPS) is 16.1. The predicted molar refractivity (Wildman–Crippen MR) is 115 cm³/mol. The number of piperazine rings is 1. The average molecular weight is 439 g/mol. The van der Waals surface area contributed by atoms with Crippen LogP contribution in [0.15, 0.2) is 46.9 Å². The first-order chi connectivity index (χ1) is 14.7. The molecule has 0 unspecified atom stereocenters. The Balaban J connectivity index is 0.00000122. The molecule has 31 heavy (non-hydrogen) atoms. The van der Waals surface area contributed by atoms with Crippen molar-refractivity contribution >= 4 is 27.9 Å². The maximum atomic E-state index is 6.15. The minimum atomic E-state index is 0. The van der Waals surface area contributed by atoms with Gasteiger partial charge in [-0.15, -0.1) is 0 Å². The number of rotatable bonds is 3. The van der Waals surface area contributed by atoms with E-state index in [4.69, 9.17) is 18.9 Å². The molecule has 2 aromatic heterocycles. The fourth-order valence-electron chi connectivity index (χ4n) is 4.31. The highest BCUT2D eigenvalue weighted by molar-refractivity contribution is 6.05. The van der Waals surface area contributed by atoms with E-state index in [2.05, 4.69) is 33.0 Å². The quantitative estimate of drug-likeness (QED) is 0.470. The number of hydrogen-bond acceptors (Lipinski definition) is 7. The van der Waals surface area contributed by atoms with Gasteiger partial charge in [-0.2, -0.15) is 0 Å². The second-order valence-electron chi connectivity index (χ2n) is 7.82. The summed E-state index contributed by atoms with van der Waals surface area (Å²) in [7, 11) is 0. The highest BCUT2D eigenvalue weighted by Gasteiger charge is 2.24. The van der Waals surface area contributed by atoms with Crippen LogP contribution in [0.25, 0.3) is 22.1 Å². The van der Waals surface area contributed by atoms with Crippen LogP contribution in [0.4, 0.5) is 5.82 Å². The van der Waals surface area contributed by atoms with E-state index in [-0.39, 0.29) is 13.8 Å². The molecule has 1 saturated heterocycles. The Morgan fingerprint density at radius 1 is 0.968 bits per heavy atom. The van der Waals surface area contributed by atoms with Crippen LogP contribution in [0, 0.1) is 6.92 Å². The lowest BCUT2D eigenvalue weighted by molar-refractivity contribution is -0.00000817. The lowest BCUT2D eigenvalue weighted by Gasteiger charge is -2.35. The number of hydrogen-bond donors (Lipinski definition) is 0. The minimum absolute atomic E-state index is 0. The molecular weight excluding hydrogens is 416 g/mol. The van der Waals surface area contributed by atoms with E-state index in [0.717, 1.165) is 77.9 Å². The second-order valence-corrected chi connectivity index (χ2v) is 7.82. The molecule has 160 valence electrons. The summed E-state index contributed by atoms with van der Waals surface area (Å²) in [5, 5.41) is 1.04. The predicted octanol–water partition coefficient (Wildman–Crippen LogP) is 0.852. The van der Waals surface area contributed by atoms with Gasteiger partial charge < -0.3 is 31.2 Å². The maximum absolute atomic E-state index is 6.15. The van der Waals surface area contributed by atoms with Crippen LogP contribution >= 0.6 is 0 Å². The Labute approximate surface area is 187 Å². The third-order valence-corrected chi connectivity index (χ3v) is 5.83. The molecule has 7 nitrogen and oxygen atoms in total. The first kappa shape index (κ1) is 19.9. The van der Waals surface area contributed by atoms with E-state index in [1.54, 1.807) is 0 Å². The van der Waals surface area contributed by atoms with Crippen molar-refractivity contribution in [2.24, 2.45) is 0 Å². The van der Waals surface area contributed by atoms with E-state index >= 15 is 0 Å². The molecule has 0 aliphatic carbocycles. The monoisotopic (exact) mass is 438 g/mol. The zero-order valence-corrected chi connectivity index (χ0v) is 17.9. The van der Waals surface area contributed by atoms with Crippen molar-refractivity contribution < 1.29 is 27.7 Å². The number of nitrogens with zero attached hydrogens (tertiary/aromatic N) is 4. The average Bonchev–Trinajstić information content (AvgIpc) is 3.38. The number of aryl methyl sites for hydroxylation is 1. The van der Waals surface area contributed by atoms with Gasteiger partial charge in [-0.1, -0.05) is 18.2 Å². The topological polar surface area (TPSA) is 63.9 Å². The summed E-state index contributed by atoms with van der Waals surface area (Å²) in [5.74, 6) is 3.34. The van der Waals surface area contributed by atoms with Crippen molar-refractivity contribution in [2.45, 2.75) is 13.5 Å². The summed E-state index contributed by atoms with van der Waals surface area (Å²) in [6.07, 6.45) is 0. The lowest BCUT2D eigenvalue weighted by atomic mass is 10.1. The van der Waals surface area contributed by atoms with Crippen LogP contribution in [0.3, 0.4) is 0 Å². The van der Waals surface area contributed by atoms with Crippen molar-refractivity contribution in [1.82, 2.24) is 14.9 Å². The molecule has 2 aromatic carbocycles. The van der Waals surface area contributed by atoms with Gasteiger partial charge in [-0.05, 0) is 36.8 Å². The van der Waals surface area contributed by atoms with E-state index in [1.165, 1.54) is 5.56 Å². The zero-order chi connectivity index (χ0) is 20.1. The van der Waals surface area contributed by atoms with Crippen molar-refractivity contribution in [1.29, 1.82) is 0 Å². The van der Waals surface area contributed by atoms with Gasteiger partial charge in [0, 0.05) is 38.1 Å². The van der Waals surface area contributed by atoms with Crippen LogP contribution in [0.5, 0.6) is 11.5 Å². The molecule has 0 bridgehead atoms. The molecule has 0 saturated carbocycles. The van der Waals surface area contributed by atoms with E-state index in [1.807, 2.05) is 31.2 Å². The van der Waals surface area contributed by atoms with Crippen LogP contribution < -0.4 is 26.8 Å². The summed E-state index contributed by atoms with van der Waals surface area (Å²) in [6.45, 7) is 6.86. The van der Waals surface area contributed by atoms with Gasteiger partial charge in [-0.25, -0.2) is 9.97 Å². The van der Waals surface area contributed by atoms with Gasteiger partial charge in [0.2, 0.25) is 6.79 Å².